The largest absolute Gasteiger partial charge is 0.379 e. The van der Waals surface area contributed by atoms with Crippen molar-refractivity contribution >= 4 is 22.8 Å². The minimum atomic E-state index is 0.878. The molecule has 0 spiro atoms. The number of aromatic nitrogens is 1. The molecule has 0 unspecified atom stereocenters. The van der Waals surface area contributed by atoms with Gasteiger partial charge in [-0.1, -0.05) is 0 Å². The van der Waals surface area contributed by atoms with E-state index in [1.165, 1.54) is 22.6 Å². The van der Waals surface area contributed by atoms with Crippen LogP contribution in [0.2, 0.25) is 0 Å². The zero-order chi connectivity index (χ0) is 13.1. The average molecular weight is 273 g/mol. The summed E-state index contributed by atoms with van der Waals surface area (Å²) in [5, 5.41) is 3.42. The molecule has 0 atom stereocenters. The van der Waals surface area contributed by atoms with Gasteiger partial charge < -0.3 is 10.2 Å². The Labute approximate surface area is 118 Å². The van der Waals surface area contributed by atoms with Gasteiger partial charge in [-0.15, -0.1) is 11.3 Å². The van der Waals surface area contributed by atoms with Crippen LogP contribution in [0.3, 0.4) is 0 Å². The molecule has 19 heavy (non-hydrogen) atoms. The van der Waals surface area contributed by atoms with E-state index >= 15 is 0 Å². The van der Waals surface area contributed by atoms with Crippen LogP contribution >= 0.6 is 11.3 Å². The molecule has 1 aliphatic heterocycles. The number of anilines is 2. The Morgan fingerprint density at radius 2 is 2.05 bits per heavy atom. The van der Waals surface area contributed by atoms with Gasteiger partial charge in [0, 0.05) is 29.4 Å². The number of hydrogen-bond acceptors (Lipinski definition) is 4. The zero-order valence-electron chi connectivity index (χ0n) is 11.2. The molecule has 0 saturated carbocycles. The molecular formula is C15H19N3S. The number of nitrogens with one attached hydrogen (secondary N) is 1. The van der Waals surface area contributed by atoms with E-state index in [0.717, 1.165) is 31.1 Å². The number of nitrogens with zero attached hydrogens (tertiary/aromatic N) is 2. The van der Waals surface area contributed by atoms with Crippen LogP contribution in [-0.4, -0.2) is 18.1 Å². The van der Waals surface area contributed by atoms with Gasteiger partial charge in [-0.3, -0.25) is 0 Å². The summed E-state index contributed by atoms with van der Waals surface area (Å²) < 4.78 is 0. The second kappa shape index (κ2) is 5.61. The van der Waals surface area contributed by atoms with Crippen molar-refractivity contribution in [1.29, 1.82) is 0 Å². The van der Waals surface area contributed by atoms with Gasteiger partial charge in [-0.2, -0.15) is 0 Å². The monoisotopic (exact) mass is 273 g/mol. The van der Waals surface area contributed by atoms with E-state index in [0.29, 0.717) is 0 Å². The average Bonchev–Trinajstić information content (AvgIpc) is 3.08. The summed E-state index contributed by atoms with van der Waals surface area (Å²) in [5.41, 5.74) is 1.09. The van der Waals surface area contributed by atoms with Gasteiger partial charge in [0.05, 0.1) is 11.9 Å². The summed E-state index contributed by atoms with van der Waals surface area (Å²) in [6.07, 6.45) is 4.52. The Morgan fingerprint density at radius 3 is 2.68 bits per heavy atom. The third kappa shape index (κ3) is 3.07. The first-order chi connectivity index (χ1) is 9.31. The molecule has 2 aromatic heterocycles. The maximum absolute atomic E-state index is 4.55. The van der Waals surface area contributed by atoms with Crippen LogP contribution in [0.15, 0.2) is 30.5 Å². The number of hydrogen-bond donors (Lipinski definition) is 1. The van der Waals surface area contributed by atoms with E-state index in [4.69, 9.17) is 0 Å². The van der Waals surface area contributed by atoms with Gasteiger partial charge in [0.15, 0.2) is 0 Å². The Kier molecular flexibility index (Phi) is 3.69. The van der Waals surface area contributed by atoms with Gasteiger partial charge in [0.1, 0.15) is 5.82 Å². The van der Waals surface area contributed by atoms with Gasteiger partial charge in [-0.05, 0) is 44.0 Å². The van der Waals surface area contributed by atoms with Crippen molar-refractivity contribution in [2.45, 2.75) is 26.3 Å². The highest BCUT2D eigenvalue weighted by atomic mass is 32.1. The van der Waals surface area contributed by atoms with Crippen LogP contribution in [-0.2, 0) is 6.54 Å². The summed E-state index contributed by atoms with van der Waals surface area (Å²) >= 11 is 1.84. The van der Waals surface area contributed by atoms with Crippen molar-refractivity contribution in [3.8, 4) is 0 Å². The van der Waals surface area contributed by atoms with Crippen LogP contribution in [0.4, 0.5) is 11.5 Å². The standard InChI is InChI=1S/C15H19N3S/c1-12-4-6-14(19-12)11-16-13-5-7-15(17-10-13)18-8-2-3-9-18/h4-7,10,16H,2-3,8-9,11H2,1H3. The molecule has 1 saturated heterocycles. The summed E-state index contributed by atoms with van der Waals surface area (Å²) in [5.74, 6) is 1.11. The molecule has 3 nitrogen and oxygen atoms in total. The zero-order valence-corrected chi connectivity index (χ0v) is 12.0. The molecule has 100 valence electrons. The van der Waals surface area contributed by atoms with E-state index in [1.54, 1.807) is 0 Å². The minimum Gasteiger partial charge on any atom is -0.379 e. The molecule has 0 aromatic carbocycles. The third-order valence-corrected chi connectivity index (χ3v) is 4.44. The van der Waals surface area contributed by atoms with Crippen molar-refractivity contribution in [2.24, 2.45) is 0 Å². The van der Waals surface area contributed by atoms with Gasteiger partial charge >= 0.3 is 0 Å². The number of aryl methyl sites for hydroxylation is 1. The summed E-state index contributed by atoms with van der Waals surface area (Å²) in [4.78, 5) is 9.62. The molecule has 0 aliphatic carbocycles. The molecule has 0 bridgehead atoms. The first kappa shape index (κ1) is 12.5. The fraction of sp³-hybridized carbons (Fsp3) is 0.400. The normalized spacial score (nSPS) is 14.9. The van der Waals surface area contributed by atoms with E-state index < -0.39 is 0 Å². The Balaban J connectivity index is 1.59. The topological polar surface area (TPSA) is 28.2 Å². The highest BCUT2D eigenvalue weighted by Crippen LogP contribution is 2.20. The van der Waals surface area contributed by atoms with Crippen LogP contribution in [0.5, 0.6) is 0 Å². The fourth-order valence-corrected chi connectivity index (χ4v) is 3.22. The smallest absolute Gasteiger partial charge is 0.128 e. The van der Waals surface area contributed by atoms with Gasteiger partial charge in [0.2, 0.25) is 0 Å². The summed E-state index contributed by atoms with van der Waals surface area (Å²) in [6, 6.07) is 8.59. The lowest BCUT2D eigenvalue weighted by atomic mass is 10.3. The predicted molar refractivity (Wildman–Crippen MR) is 82.1 cm³/mol. The molecule has 3 heterocycles. The number of thiophene rings is 1. The SMILES string of the molecule is Cc1ccc(CNc2ccc(N3CCCC3)nc2)s1. The molecule has 0 amide bonds. The minimum absolute atomic E-state index is 0.878. The molecule has 1 aliphatic rings. The lowest BCUT2D eigenvalue weighted by Gasteiger charge is -2.16. The Bertz CT molecular complexity index is 527. The fourth-order valence-electron chi connectivity index (χ4n) is 2.39. The number of pyridine rings is 1. The Morgan fingerprint density at radius 1 is 1.21 bits per heavy atom. The van der Waals surface area contributed by atoms with Crippen LogP contribution in [0.25, 0.3) is 0 Å². The summed E-state index contributed by atoms with van der Waals surface area (Å²) in [7, 11) is 0. The predicted octanol–water partition coefficient (Wildman–Crippen LogP) is 3.66. The van der Waals surface area contributed by atoms with Crippen LogP contribution in [0.1, 0.15) is 22.6 Å². The van der Waals surface area contributed by atoms with Gasteiger partial charge in [-0.25, -0.2) is 4.98 Å². The highest BCUT2D eigenvalue weighted by Gasteiger charge is 2.12. The molecule has 3 rings (SSSR count). The lowest BCUT2D eigenvalue weighted by Crippen LogP contribution is -2.18. The molecule has 1 fully saturated rings. The van der Waals surface area contributed by atoms with Crippen LogP contribution in [0, 0.1) is 6.92 Å². The number of rotatable bonds is 4. The lowest BCUT2D eigenvalue weighted by molar-refractivity contribution is 0.937. The quantitative estimate of drug-likeness (QED) is 0.921. The van der Waals surface area contributed by atoms with Crippen molar-refractivity contribution in [3.63, 3.8) is 0 Å². The second-order valence-corrected chi connectivity index (χ2v) is 6.34. The van der Waals surface area contributed by atoms with Crippen molar-refractivity contribution in [1.82, 2.24) is 4.98 Å². The van der Waals surface area contributed by atoms with E-state index in [-0.39, 0.29) is 0 Å². The molecule has 4 heteroatoms. The summed E-state index contributed by atoms with van der Waals surface area (Å²) in [6.45, 7) is 5.31. The van der Waals surface area contributed by atoms with Crippen molar-refractivity contribution < 1.29 is 0 Å². The first-order valence-corrected chi connectivity index (χ1v) is 7.63. The maximum atomic E-state index is 4.55. The molecular weight excluding hydrogens is 254 g/mol. The molecule has 1 N–H and O–H groups in total. The van der Waals surface area contributed by atoms with E-state index in [2.05, 4.69) is 46.4 Å². The van der Waals surface area contributed by atoms with Crippen LogP contribution < -0.4 is 10.2 Å². The maximum Gasteiger partial charge on any atom is 0.128 e. The Hall–Kier alpha value is -1.55. The third-order valence-electron chi connectivity index (χ3n) is 3.44. The highest BCUT2D eigenvalue weighted by molar-refractivity contribution is 7.11. The molecule has 0 radical (unpaired) electrons. The van der Waals surface area contributed by atoms with Crippen molar-refractivity contribution in [3.05, 3.63) is 40.2 Å². The van der Waals surface area contributed by atoms with E-state index in [9.17, 15) is 0 Å². The molecule has 2 aromatic rings. The van der Waals surface area contributed by atoms with Crippen molar-refractivity contribution in [2.75, 3.05) is 23.3 Å². The first-order valence-electron chi connectivity index (χ1n) is 6.81. The van der Waals surface area contributed by atoms with E-state index in [1.807, 2.05) is 17.5 Å². The van der Waals surface area contributed by atoms with Gasteiger partial charge in [0.25, 0.3) is 0 Å². The second-order valence-electron chi connectivity index (χ2n) is 4.97.